The van der Waals surface area contributed by atoms with Crippen molar-refractivity contribution in [2.45, 2.75) is 4.28 Å². The molecule has 1 aliphatic heterocycles. The van der Waals surface area contributed by atoms with Crippen molar-refractivity contribution in [3.8, 4) is 0 Å². The first-order chi connectivity index (χ1) is 2.89. The highest BCUT2D eigenvalue weighted by Gasteiger charge is 2.08. The third-order valence-corrected chi connectivity index (χ3v) is 2.31. The van der Waals surface area contributed by atoms with E-state index < -0.39 is 0 Å². The van der Waals surface area contributed by atoms with Gasteiger partial charge in [-0.25, -0.2) is 0 Å². The number of hydrogen-bond acceptors (Lipinski definition) is 2. The summed E-state index contributed by atoms with van der Waals surface area (Å²) in [4.78, 5) is 0. The molecule has 6 heavy (non-hydrogen) atoms. The molecule has 0 bridgehead atoms. The van der Waals surface area contributed by atoms with Gasteiger partial charge >= 0.3 is 0 Å². The average molecular weight is 167 g/mol. The number of nitrogens with one attached hydrogen (secondary N) is 1. The summed E-state index contributed by atoms with van der Waals surface area (Å²) in [6, 6.07) is 0. The van der Waals surface area contributed by atoms with Gasteiger partial charge in [0.25, 0.3) is 0 Å². The maximum atomic E-state index is 3.36. The molecular weight excluding hydrogens is 162 g/mol. The van der Waals surface area contributed by atoms with Crippen molar-refractivity contribution in [3.05, 3.63) is 5.75 Å². The van der Waals surface area contributed by atoms with Crippen molar-refractivity contribution in [1.29, 1.82) is 0 Å². The second-order valence-corrected chi connectivity index (χ2v) is 3.63. The molecule has 0 spiro atoms. The molecule has 1 unspecified atom stereocenters. The minimum Gasteiger partial charge on any atom is -0.295 e. The molecule has 1 atom stereocenters. The van der Waals surface area contributed by atoms with Crippen LogP contribution < -0.4 is 5.32 Å². The Hall–Kier alpha value is 0.790. The third-order valence-electron chi connectivity index (χ3n) is 0.577. The maximum absolute atomic E-state index is 3.36. The molecular formula is C3H5BrNS. The summed E-state index contributed by atoms with van der Waals surface area (Å²) in [5, 5.41) is 3.14. The van der Waals surface area contributed by atoms with E-state index in [0.717, 1.165) is 6.54 Å². The Bertz CT molecular complexity index is 44.1. The number of halogens is 1. The highest BCUT2D eigenvalue weighted by Crippen LogP contribution is 2.21. The van der Waals surface area contributed by atoms with E-state index in [4.69, 9.17) is 0 Å². The molecule has 3 heteroatoms. The van der Waals surface area contributed by atoms with E-state index in [1.807, 2.05) is 0 Å². The smallest absolute Gasteiger partial charge is 0.110 e. The summed E-state index contributed by atoms with van der Waals surface area (Å²) in [7, 11) is 0. The van der Waals surface area contributed by atoms with Gasteiger partial charge in [0.15, 0.2) is 0 Å². The molecule has 1 heterocycles. The highest BCUT2D eigenvalue weighted by atomic mass is 79.9. The van der Waals surface area contributed by atoms with Crippen LogP contribution in [-0.4, -0.2) is 10.8 Å². The molecule has 1 fully saturated rings. The van der Waals surface area contributed by atoms with E-state index in [0.29, 0.717) is 4.28 Å². The SMILES string of the molecule is BrC1NC[CH]S1. The van der Waals surface area contributed by atoms with Gasteiger partial charge in [-0.1, -0.05) is 15.9 Å². The quantitative estimate of drug-likeness (QED) is 0.429. The average Bonchev–Trinajstić information content (AvgIpc) is 1.86. The minimum atomic E-state index is 0.470. The Morgan fingerprint density at radius 2 is 2.83 bits per heavy atom. The second-order valence-electron chi connectivity index (χ2n) is 1.03. The Balaban J connectivity index is 2.18. The largest absolute Gasteiger partial charge is 0.295 e. The van der Waals surface area contributed by atoms with Gasteiger partial charge in [-0.05, 0) is 0 Å². The van der Waals surface area contributed by atoms with E-state index in [-0.39, 0.29) is 0 Å². The van der Waals surface area contributed by atoms with Crippen molar-refractivity contribution >= 4 is 27.7 Å². The van der Waals surface area contributed by atoms with Crippen molar-refractivity contribution in [2.75, 3.05) is 6.54 Å². The van der Waals surface area contributed by atoms with Gasteiger partial charge in [-0.15, -0.1) is 11.8 Å². The van der Waals surface area contributed by atoms with E-state index in [1.54, 1.807) is 11.8 Å². The molecule has 1 saturated heterocycles. The number of rotatable bonds is 0. The van der Waals surface area contributed by atoms with Crippen LogP contribution in [0.2, 0.25) is 0 Å². The van der Waals surface area contributed by atoms with Crippen molar-refractivity contribution in [3.63, 3.8) is 0 Å². The first-order valence-electron chi connectivity index (χ1n) is 1.74. The minimum absolute atomic E-state index is 0.470. The van der Waals surface area contributed by atoms with Gasteiger partial charge in [-0.2, -0.15) is 0 Å². The molecule has 1 radical (unpaired) electrons. The van der Waals surface area contributed by atoms with Crippen LogP contribution in [0.1, 0.15) is 0 Å². The lowest BCUT2D eigenvalue weighted by Gasteiger charge is -1.91. The monoisotopic (exact) mass is 166 g/mol. The van der Waals surface area contributed by atoms with Crippen LogP contribution in [-0.2, 0) is 0 Å². The highest BCUT2D eigenvalue weighted by molar-refractivity contribution is 9.11. The van der Waals surface area contributed by atoms with Gasteiger partial charge in [0.05, 0.1) is 0 Å². The molecule has 1 aliphatic rings. The van der Waals surface area contributed by atoms with Gasteiger partial charge in [-0.3, -0.25) is 5.32 Å². The normalized spacial score (nSPS) is 34.5. The molecule has 0 amide bonds. The summed E-state index contributed by atoms with van der Waals surface area (Å²) < 4.78 is 0.470. The Labute approximate surface area is 50.0 Å². The van der Waals surface area contributed by atoms with Gasteiger partial charge in [0, 0.05) is 12.3 Å². The molecule has 0 aromatic carbocycles. The predicted octanol–water partition coefficient (Wildman–Crippen LogP) is 1.16. The van der Waals surface area contributed by atoms with Crippen LogP contribution in [0.3, 0.4) is 0 Å². The van der Waals surface area contributed by atoms with Crippen LogP contribution in [0.25, 0.3) is 0 Å². The summed E-state index contributed by atoms with van der Waals surface area (Å²) in [6.45, 7) is 1.03. The van der Waals surface area contributed by atoms with Gasteiger partial charge in [0.1, 0.15) is 4.28 Å². The lowest BCUT2D eigenvalue weighted by atomic mass is 10.8. The lowest BCUT2D eigenvalue weighted by Crippen LogP contribution is -2.11. The molecule has 1 rings (SSSR count). The standard InChI is InChI=1S/C3H5BrNS/c4-3-5-1-2-6-3/h2-3,5H,1H2. The number of hydrogen-bond donors (Lipinski definition) is 1. The summed E-state index contributed by atoms with van der Waals surface area (Å²) in [6.07, 6.45) is 0. The van der Waals surface area contributed by atoms with E-state index >= 15 is 0 Å². The Morgan fingerprint density at radius 1 is 2.00 bits per heavy atom. The zero-order valence-electron chi connectivity index (χ0n) is 3.15. The van der Waals surface area contributed by atoms with Crippen LogP contribution >= 0.6 is 27.7 Å². The van der Waals surface area contributed by atoms with Gasteiger partial charge in [0.2, 0.25) is 0 Å². The Kier molecular flexibility index (Phi) is 1.80. The maximum Gasteiger partial charge on any atom is 0.110 e. The first-order valence-corrected chi connectivity index (χ1v) is 3.60. The first kappa shape index (κ1) is 4.94. The van der Waals surface area contributed by atoms with E-state index in [9.17, 15) is 0 Å². The summed E-state index contributed by atoms with van der Waals surface area (Å²) in [5.74, 6) is 2.14. The van der Waals surface area contributed by atoms with Gasteiger partial charge < -0.3 is 0 Å². The van der Waals surface area contributed by atoms with Crippen molar-refractivity contribution < 1.29 is 0 Å². The zero-order valence-corrected chi connectivity index (χ0v) is 5.55. The number of alkyl halides is 1. The fraction of sp³-hybridized carbons (Fsp3) is 0.667. The van der Waals surface area contributed by atoms with Crippen LogP contribution in [0.15, 0.2) is 0 Å². The molecule has 0 aromatic heterocycles. The predicted molar refractivity (Wildman–Crippen MR) is 32.6 cm³/mol. The molecule has 1 N–H and O–H groups in total. The second kappa shape index (κ2) is 2.19. The topological polar surface area (TPSA) is 12.0 Å². The molecule has 0 aliphatic carbocycles. The molecule has 35 valence electrons. The van der Waals surface area contributed by atoms with Crippen LogP contribution in [0.5, 0.6) is 0 Å². The van der Waals surface area contributed by atoms with Crippen molar-refractivity contribution in [2.24, 2.45) is 0 Å². The molecule has 0 aromatic rings. The van der Waals surface area contributed by atoms with Crippen LogP contribution in [0, 0.1) is 5.75 Å². The van der Waals surface area contributed by atoms with E-state index in [2.05, 4.69) is 27.0 Å². The van der Waals surface area contributed by atoms with Crippen LogP contribution in [0.4, 0.5) is 0 Å². The van der Waals surface area contributed by atoms with E-state index in [1.165, 1.54) is 0 Å². The summed E-state index contributed by atoms with van der Waals surface area (Å²) in [5.41, 5.74) is 0. The zero-order chi connectivity index (χ0) is 4.41. The van der Waals surface area contributed by atoms with Crippen molar-refractivity contribution in [1.82, 2.24) is 5.32 Å². The fourth-order valence-electron chi connectivity index (χ4n) is 0.321. The molecule has 1 nitrogen and oxygen atoms in total. The lowest BCUT2D eigenvalue weighted by molar-refractivity contribution is 0.886. The molecule has 0 saturated carbocycles. The third kappa shape index (κ3) is 1.13. The number of thioether (sulfide) groups is 1. The summed E-state index contributed by atoms with van der Waals surface area (Å²) >= 11 is 5.14. The Morgan fingerprint density at radius 3 is 3.00 bits per heavy atom. The fourth-order valence-corrected chi connectivity index (χ4v) is 1.52.